The molecule has 98 valence electrons. The number of carboxylic acids is 2. The number of carbonyl (C=O) groups is 3. The van der Waals surface area contributed by atoms with E-state index in [2.05, 4.69) is 5.32 Å². The van der Waals surface area contributed by atoms with Crippen molar-refractivity contribution in [3.8, 4) is 0 Å². The van der Waals surface area contributed by atoms with Crippen LogP contribution in [0.5, 0.6) is 0 Å². The topological polar surface area (TPSA) is 104 Å². The predicted octanol–water partition coefficient (Wildman–Crippen LogP) is 0.857. The molecule has 0 aliphatic heterocycles. The Labute approximate surface area is 100 Å². The van der Waals surface area contributed by atoms with E-state index >= 15 is 0 Å². The maximum absolute atomic E-state index is 11.4. The third kappa shape index (κ3) is 8.24. The maximum Gasteiger partial charge on any atom is 0.326 e. The highest BCUT2D eigenvalue weighted by atomic mass is 16.4. The number of rotatable bonds is 6. The first-order chi connectivity index (χ1) is 7.61. The molecule has 3 N–H and O–H groups in total. The molecule has 0 aromatic carbocycles. The van der Waals surface area contributed by atoms with E-state index in [1.165, 1.54) is 0 Å². The first-order valence-electron chi connectivity index (χ1n) is 5.36. The van der Waals surface area contributed by atoms with Crippen molar-refractivity contribution in [2.75, 3.05) is 0 Å². The Morgan fingerprint density at radius 2 is 1.71 bits per heavy atom. The molecular weight excluding hydrogens is 226 g/mol. The fourth-order valence-corrected chi connectivity index (χ4v) is 1.13. The van der Waals surface area contributed by atoms with Crippen LogP contribution in [0.1, 0.15) is 40.0 Å². The van der Waals surface area contributed by atoms with E-state index in [0.717, 1.165) is 0 Å². The summed E-state index contributed by atoms with van der Waals surface area (Å²) in [5.74, 6) is -3.03. The minimum absolute atomic E-state index is 0.0249. The van der Waals surface area contributed by atoms with E-state index in [1.54, 1.807) is 0 Å². The van der Waals surface area contributed by atoms with Gasteiger partial charge in [-0.15, -0.1) is 0 Å². The van der Waals surface area contributed by atoms with Crippen molar-refractivity contribution in [1.29, 1.82) is 0 Å². The van der Waals surface area contributed by atoms with Gasteiger partial charge in [-0.25, -0.2) is 4.79 Å². The molecule has 0 aromatic heterocycles. The number of carbonyl (C=O) groups excluding carboxylic acids is 1. The zero-order chi connectivity index (χ0) is 13.6. The predicted molar refractivity (Wildman–Crippen MR) is 60.5 cm³/mol. The molecule has 1 amide bonds. The van der Waals surface area contributed by atoms with Gasteiger partial charge >= 0.3 is 11.9 Å². The van der Waals surface area contributed by atoms with Crippen molar-refractivity contribution in [3.05, 3.63) is 0 Å². The summed E-state index contributed by atoms with van der Waals surface area (Å²) in [4.78, 5) is 32.5. The summed E-state index contributed by atoms with van der Waals surface area (Å²) in [5, 5.41) is 19.4. The molecule has 0 saturated heterocycles. The van der Waals surface area contributed by atoms with Gasteiger partial charge in [-0.2, -0.15) is 0 Å². The van der Waals surface area contributed by atoms with Gasteiger partial charge in [-0.1, -0.05) is 20.8 Å². The highest BCUT2D eigenvalue weighted by molar-refractivity contribution is 5.86. The van der Waals surface area contributed by atoms with Gasteiger partial charge in [0.1, 0.15) is 6.04 Å². The second-order valence-electron chi connectivity index (χ2n) is 5.12. The van der Waals surface area contributed by atoms with Crippen LogP contribution in [-0.2, 0) is 14.4 Å². The van der Waals surface area contributed by atoms with Crippen molar-refractivity contribution in [3.63, 3.8) is 0 Å². The molecule has 0 rings (SSSR count). The van der Waals surface area contributed by atoms with Gasteiger partial charge in [0.15, 0.2) is 0 Å². The van der Waals surface area contributed by atoms with E-state index in [4.69, 9.17) is 10.2 Å². The number of nitrogens with one attached hydrogen (secondary N) is 1. The summed E-state index contributed by atoms with van der Waals surface area (Å²) in [7, 11) is 0. The van der Waals surface area contributed by atoms with Gasteiger partial charge in [0.25, 0.3) is 0 Å². The Kier molecular flexibility index (Phi) is 5.64. The lowest BCUT2D eigenvalue weighted by molar-refractivity contribution is -0.147. The first kappa shape index (κ1) is 15.4. The highest BCUT2D eigenvalue weighted by Gasteiger charge is 2.23. The van der Waals surface area contributed by atoms with Crippen LogP contribution in [0, 0.1) is 5.41 Å². The standard InChI is InChI=1S/C11H19NO5/c1-11(2,3)5-4-8(13)12-7(10(16)17)6-9(14)15/h7H,4-6H2,1-3H3,(H,12,13)(H,14,15)(H,16,17)/t7-/m0/s1. The SMILES string of the molecule is CC(C)(C)CCC(=O)N[C@@H](CC(=O)O)C(=O)O. The molecule has 0 saturated carbocycles. The zero-order valence-corrected chi connectivity index (χ0v) is 10.3. The van der Waals surface area contributed by atoms with E-state index in [0.29, 0.717) is 6.42 Å². The molecule has 0 fully saturated rings. The second-order valence-corrected chi connectivity index (χ2v) is 5.12. The van der Waals surface area contributed by atoms with Crippen LogP contribution >= 0.6 is 0 Å². The fourth-order valence-electron chi connectivity index (χ4n) is 1.13. The lowest BCUT2D eigenvalue weighted by atomic mass is 9.90. The maximum atomic E-state index is 11.4. The summed E-state index contributed by atoms with van der Waals surface area (Å²) in [6, 6.07) is -1.36. The zero-order valence-electron chi connectivity index (χ0n) is 10.3. The van der Waals surface area contributed by atoms with Gasteiger partial charge in [0, 0.05) is 6.42 Å². The van der Waals surface area contributed by atoms with Crippen LogP contribution in [0.25, 0.3) is 0 Å². The normalized spacial score (nSPS) is 12.9. The Morgan fingerprint density at radius 1 is 1.18 bits per heavy atom. The second kappa shape index (κ2) is 6.22. The number of aliphatic carboxylic acids is 2. The van der Waals surface area contributed by atoms with E-state index < -0.39 is 30.3 Å². The Hall–Kier alpha value is -1.59. The van der Waals surface area contributed by atoms with E-state index in [-0.39, 0.29) is 11.8 Å². The molecule has 0 bridgehead atoms. The van der Waals surface area contributed by atoms with Crippen LogP contribution in [0.3, 0.4) is 0 Å². The van der Waals surface area contributed by atoms with Gasteiger partial charge in [-0.3, -0.25) is 9.59 Å². The highest BCUT2D eigenvalue weighted by Crippen LogP contribution is 2.20. The molecule has 0 heterocycles. The van der Waals surface area contributed by atoms with Crippen molar-refractivity contribution in [2.24, 2.45) is 5.41 Å². The first-order valence-corrected chi connectivity index (χ1v) is 5.36. The summed E-state index contributed by atoms with van der Waals surface area (Å²) in [5.41, 5.74) is -0.0249. The molecule has 0 radical (unpaired) electrons. The smallest absolute Gasteiger partial charge is 0.326 e. The molecular formula is C11H19NO5. The van der Waals surface area contributed by atoms with Gasteiger partial charge in [-0.05, 0) is 11.8 Å². The Morgan fingerprint density at radius 3 is 2.06 bits per heavy atom. The Bertz CT molecular complexity index is 305. The third-order valence-corrected chi connectivity index (χ3v) is 2.11. The van der Waals surface area contributed by atoms with Crippen LogP contribution in [-0.4, -0.2) is 34.1 Å². The minimum atomic E-state index is -1.36. The molecule has 0 unspecified atom stereocenters. The molecule has 0 spiro atoms. The lowest BCUT2D eigenvalue weighted by Gasteiger charge is -2.18. The average molecular weight is 245 g/mol. The van der Waals surface area contributed by atoms with Crippen LogP contribution in [0.2, 0.25) is 0 Å². The molecule has 6 nitrogen and oxygen atoms in total. The van der Waals surface area contributed by atoms with Gasteiger partial charge in [0.05, 0.1) is 6.42 Å². The largest absolute Gasteiger partial charge is 0.481 e. The molecule has 0 aromatic rings. The molecule has 1 atom stereocenters. The molecule has 0 aliphatic carbocycles. The molecule has 6 heteroatoms. The third-order valence-electron chi connectivity index (χ3n) is 2.11. The minimum Gasteiger partial charge on any atom is -0.481 e. The quantitative estimate of drug-likeness (QED) is 0.643. The summed E-state index contributed by atoms with van der Waals surface area (Å²) in [6.07, 6.45) is 0.182. The molecule has 17 heavy (non-hydrogen) atoms. The summed E-state index contributed by atoms with van der Waals surface area (Å²) in [6.45, 7) is 5.89. The molecule has 0 aliphatic rings. The monoisotopic (exact) mass is 245 g/mol. The van der Waals surface area contributed by atoms with Crippen LogP contribution in [0.4, 0.5) is 0 Å². The van der Waals surface area contributed by atoms with Crippen molar-refractivity contribution >= 4 is 17.8 Å². The van der Waals surface area contributed by atoms with Crippen molar-refractivity contribution in [2.45, 2.75) is 46.1 Å². The number of carboxylic acid groups (broad SMARTS) is 2. The van der Waals surface area contributed by atoms with Crippen LogP contribution < -0.4 is 5.32 Å². The average Bonchev–Trinajstić information content (AvgIpc) is 2.11. The van der Waals surface area contributed by atoms with Gasteiger partial charge in [0.2, 0.25) is 5.91 Å². The van der Waals surface area contributed by atoms with Gasteiger partial charge < -0.3 is 15.5 Å². The summed E-state index contributed by atoms with van der Waals surface area (Å²) >= 11 is 0. The lowest BCUT2D eigenvalue weighted by Crippen LogP contribution is -2.42. The van der Waals surface area contributed by atoms with E-state index in [9.17, 15) is 14.4 Å². The number of hydrogen-bond acceptors (Lipinski definition) is 3. The van der Waals surface area contributed by atoms with Crippen molar-refractivity contribution < 1.29 is 24.6 Å². The van der Waals surface area contributed by atoms with E-state index in [1.807, 2.05) is 20.8 Å². The number of amides is 1. The van der Waals surface area contributed by atoms with Crippen molar-refractivity contribution in [1.82, 2.24) is 5.32 Å². The number of hydrogen-bond donors (Lipinski definition) is 3. The summed E-state index contributed by atoms with van der Waals surface area (Å²) < 4.78 is 0. The Balaban J connectivity index is 4.22. The fraction of sp³-hybridized carbons (Fsp3) is 0.727. The van der Waals surface area contributed by atoms with Crippen LogP contribution in [0.15, 0.2) is 0 Å².